The van der Waals surface area contributed by atoms with Gasteiger partial charge in [-0.3, -0.25) is 4.79 Å². The van der Waals surface area contributed by atoms with E-state index >= 15 is 0 Å². The molecule has 1 aromatic carbocycles. The molecule has 1 heterocycles. The molecule has 2 rings (SSSR count). The van der Waals surface area contributed by atoms with Gasteiger partial charge in [-0.2, -0.15) is 0 Å². The summed E-state index contributed by atoms with van der Waals surface area (Å²) in [6.07, 6.45) is 4.50. The lowest BCUT2D eigenvalue weighted by molar-refractivity contribution is -0.124. The monoisotopic (exact) mass is 201 g/mol. The number of carbonyl (C=O) groups is 1. The van der Waals surface area contributed by atoms with Crippen molar-refractivity contribution in [3.05, 3.63) is 47.5 Å². The minimum absolute atomic E-state index is 0.141. The normalized spacial score (nSPS) is 15.0. The maximum atomic E-state index is 11.3. The molecular weight excluding hydrogens is 186 g/mol. The summed E-state index contributed by atoms with van der Waals surface area (Å²) in [4.78, 5) is 13.1. The zero-order chi connectivity index (χ0) is 10.7. The van der Waals surface area contributed by atoms with Gasteiger partial charge in [0, 0.05) is 19.2 Å². The summed E-state index contributed by atoms with van der Waals surface area (Å²) < 4.78 is 0. The second kappa shape index (κ2) is 4.30. The van der Waals surface area contributed by atoms with Gasteiger partial charge >= 0.3 is 0 Å². The van der Waals surface area contributed by atoms with E-state index in [4.69, 9.17) is 0 Å². The van der Waals surface area contributed by atoms with E-state index in [1.165, 1.54) is 11.1 Å². The molecule has 1 aliphatic rings. The van der Waals surface area contributed by atoms with E-state index in [1.54, 1.807) is 6.08 Å². The fourth-order valence-electron chi connectivity index (χ4n) is 1.70. The minimum Gasteiger partial charge on any atom is -0.335 e. The Hall–Kier alpha value is -1.57. The Bertz CT molecular complexity index is 378. The Kier molecular flexibility index (Phi) is 2.86. The average Bonchev–Trinajstić information content (AvgIpc) is 2.63. The van der Waals surface area contributed by atoms with Gasteiger partial charge in [0.15, 0.2) is 0 Å². The average molecular weight is 201 g/mol. The summed E-state index contributed by atoms with van der Waals surface area (Å²) in [7, 11) is 0. The molecule has 0 N–H and O–H groups in total. The van der Waals surface area contributed by atoms with Crippen LogP contribution >= 0.6 is 0 Å². The molecule has 0 unspecified atom stereocenters. The minimum atomic E-state index is 0.141. The third kappa shape index (κ3) is 2.46. The lowest BCUT2D eigenvalue weighted by Crippen LogP contribution is -2.27. The van der Waals surface area contributed by atoms with Crippen LogP contribution in [0.3, 0.4) is 0 Å². The van der Waals surface area contributed by atoms with Crippen LogP contribution in [0.1, 0.15) is 11.1 Å². The zero-order valence-electron chi connectivity index (χ0n) is 8.94. The van der Waals surface area contributed by atoms with Gasteiger partial charge < -0.3 is 4.90 Å². The molecule has 0 saturated carbocycles. The van der Waals surface area contributed by atoms with Crippen LogP contribution in [0.25, 0.3) is 0 Å². The summed E-state index contributed by atoms with van der Waals surface area (Å²) in [5.41, 5.74) is 2.57. The number of nitrogens with zero attached hydrogens (tertiary/aromatic N) is 1. The fraction of sp³-hybridized carbons (Fsp3) is 0.308. The molecule has 0 bridgehead atoms. The van der Waals surface area contributed by atoms with Gasteiger partial charge in [-0.05, 0) is 18.9 Å². The van der Waals surface area contributed by atoms with Crippen molar-refractivity contribution in [3.63, 3.8) is 0 Å². The number of benzene rings is 1. The number of hydrogen-bond donors (Lipinski definition) is 0. The van der Waals surface area contributed by atoms with Gasteiger partial charge in [0.2, 0.25) is 5.91 Å². The largest absolute Gasteiger partial charge is 0.335 e. The molecule has 1 amide bonds. The molecule has 0 aromatic heterocycles. The summed E-state index contributed by atoms with van der Waals surface area (Å²) in [5.74, 6) is 0.141. The Balaban J connectivity index is 1.88. The van der Waals surface area contributed by atoms with Crippen molar-refractivity contribution in [2.24, 2.45) is 0 Å². The van der Waals surface area contributed by atoms with E-state index in [0.717, 1.165) is 19.5 Å². The lowest BCUT2D eigenvalue weighted by atomic mass is 10.1. The first kappa shape index (κ1) is 9.97. The van der Waals surface area contributed by atoms with E-state index < -0.39 is 0 Å². The molecule has 15 heavy (non-hydrogen) atoms. The second-order valence-corrected chi connectivity index (χ2v) is 3.92. The summed E-state index contributed by atoms with van der Waals surface area (Å²) in [6, 6.07) is 8.48. The molecule has 0 fully saturated rings. The Labute approximate surface area is 90.2 Å². The molecule has 1 aromatic rings. The van der Waals surface area contributed by atoms with Crippen LogP contribution in [0.5, 0.6) is 0 Å². The highest BCUT2D eigenvalue weighted by Crippen LogP contribution is 2.07. The third-order valence-electron chi connectivity index (χ3n) is 2.69. The molecule has 1 aliphatic heterocycles. The number of aryl methyl sites for hydroxylation is 1. The highest BCUT2D eigenvalue weighted by atomic mass is 16.2. The van der Waals surface area contributed by atoms with Crippen molar-refractivity contribution in [2.45, 2.75) is 13.3 Å². The van der Waals surface area contributed by atoms with Gasteiger partial charge in [0.1, 0.15) is 0 Å². The van der Waals surface area contributed by atoms with Crippen LogP contribution in [0.4, 0.5) is 0 Å². The van der Waals surface area contributed by atoms with Crippen molar-refractivity contribution >= 4 is 5.91 Å². The first-order valence-corrected chi connectivity index (χ1v) is 5.27. The predicted octanol–water partition coefficient (Wildman–Crippen LogP) is 1.94. The SMILES string of the molecule is Cc1ccc(CCN2CC=CC2=O)cc1. The van der Waals surface area contributed by atoms with Crippen molar-refractivity contribution in [1.82, 2.24) is 4.90 Å². The van der Waals surface area contributed by atoms with Crippen molar-refractivity contribution < 1.29 is 4.79 Å². The summed E-state index contributed by atoms with van der Waals surface area (Å²) >= 11 is 0. The molecule has 2 heteroatoms. The van der Waals surface area contributed by atoms with Crippen molar-refractivity contribution in [3.8, 4) is 0 Å². The predicted molar refractivity (Wildman–Crippen MR) is 60.6 cm³/mol. The van der Waals surface area contributed by atoms with E-state index in [2.05, 4.69) is 31.2 Å². The maximum absolute atomic E-state index is 11.3. The van der Waals surface area contributed by atoms with Crippen LogP contribution in [0, 0.1) is 6.92 Å². The van der Waals surface area contributed by atoms with Gasteiger partial charge in [-0.1, -0.05) is 35.9 Å². The highest BCUT2D eigenvalue weighted by Gasteiger charge is 2.13. The number of amides is 1. The Morgan fingerprint density at radius 1 is 1.27 bits per heavy atom. The standard InChI is InChI=1S/C13H15NO/c1-11-4-6-12(7-5-11)8-10-14-9-2-3-13(14)15/h2-7H,8-10H2,1H3. The summed E-state index contributed by atoms with van der Waals surface area (Å²) in [6.45, 7) is 3.66. The Morgan fingerprint density at radius 2 is 2.00 bits per heavy atom. The van der Waals surface area contributed by atoms with Crippen LogP contribution in [-0.4, -0.2) is 23.9 Å². The molecule has 0 radical (unpaired) electrons. The number of hydrogen-bond acceptors (Lipinski definition) is 1. The van der Waals surface area contributed by atoms with Crippen molar-refractivity contribution in [1.29, 1.82) is 0 Å². The third-order valence-corrected chi connectivity index (χ3v) is 2.69. The first-order chi connectivity index (χ1) is 7.25. The van der Waals surface area contributed by atoms with Crippen LogP contribution in [0.2, 0.25) is 0 Å². The highest BCUT2D eigenvalue weighted by molar-refractivity contribution is 5.89. The van der Waals surface area contributed by atoms with Crippen LogP contribution < -0.4 is 0 Å². The van der Waals surface area contributed by atoms with E-state index in [0.29, 0.717) is 0 Å². The number of carbonyl (C=O) groups excluding carboxylic acids is 1. The van der Waals surface area contributed by atoms with Gasteiger partial charge in [-0.25, -0.2) is 0 Å². The van der Waals surface area contributed by atoms with E-state index in [-0.39, 0.29) is 5.91 Å². The van der Waals surface area contributed by atoms with Crippen LogP contribution in [-0.2, 0) is 11.2 Å². The lowest BCUT2D eigenvalue weighted by Gasteiger charge is -2.15. The molecule has 0 atom stereocenters. The topological polar surface area (TPSA) is 20.3 Å². The summed E-state index contributed by atoms with van der Waals surface area (Å²) in [5, 5.41) is 0. The molecular formula is C13H15NO. The van der Waals surface area contributed by atoms with E-state index in [1.807, 2.05) is 11.0 Å². The van der Waals surface area contributed by atoms with Crippen molar-refractivity contribution in [2.75, 3.05) is 13.1 Å². The smallest absolute Gasteiger partial charge is 0.246 e. The van der Waals surface area contributed by atoms with Crippen LogP contribution in [0.15, 0.2) is 36.4 Å². The first-order valence-electron chi connectivity index (χ1n) is 5.27. The molecule has 78 valence electrons. The van der Waals surface area contributed by atoms with Gasteiger partial charge in [-0.15, -0.1) is 0 Å². The van der Waals surface area contributed by atoms with Gasteiger partial charge in [0.25, 0.3) is 0 Å². The molecule has 0 saturated heterocycles. The maximum Gasteiger partial charge on any atom is 0.246 e. The second-order valence-electron chi connectivity index (χ2n) is 3.92. The molecule has 0 spiro atoms. The molecule has 2 nitrogen and oxygen atoms in total. The van der Waals surface area contributed by atoms with E-state index in [9.17, 15) is 4.79 Å². The zero-order valence-corrected chi connectivity index (χ0v) is 8.94. The quantitative estimate of drug-likeness (QED) is 0.731. The number of rotatable bonds is 3. The fourth-order valence-corrected chi connectivity index (χ4v) is 1.70. The Morgan fingerprint density at radius 3 is 2.60 bits per heavy atom. The molecule has 0 aliphatic carbocycles. The van der Waals surface area contributed by atoms with Gasteiger partial charge in [0.05, 0.1) is 0 Å².